The number of ether oxygens (including phenoxy) is 2. The van der Waals surface area contributed by atoms with Gasteiger partial charge in [-0.25, -0.2) is 8.78 Å². The number of benzene rings is 2. The second-order valence-electron chi connectivity index (χ2n) is 10.0. The van der Waals surface area contributed by atoms with E-state index in [4.69, 9.17) is 9.47 Å². The number of alkyl halides is 4. The van der Waals surface area contributed by atoms with E-state index in [0.29, 0.717) is 30.9 Å². The Labute approximate surface area is 203 Å². The van der Waals surface area contributed by atoms with Gasteiger partial charge in [0, 0.05) is 17.5 Å². The molecule has 1 aliphatic heterocycles. The molecular formula is C27H32F5NO2. The van der Waals surface area contributed by atoms with Crippen molar-refractivity contribution in [3.63, 3.8) is 0 Å². The summed E-state index contributed by atoms with van der Waals surface area (Å²) >= 11 is 0. The van der Waals surface area contributed by atoms with Gasteiger partial charge in [0.2, 0.25) is 0 Å². The minimum atomic E-state index is -4.47. The van der Waals surface area contributed by atoms with Gasteiger partial charge in [0.05, 0.1) is 24.4 Å². The first-order valence-corrected chi connectivity index (χ1v) is 12.1. The molecule has 3 nitrogen and oxygen atoms in total. The summed E-state index contributed by atoms with van der Waals surface area (Å²) in [5, 5.41) is 3.16. The quantitative estimate of drug-likeness (QED) is 0.320. The third-order valence-corrected chi connectivity index (χ3v) is 7.26. The largest absolute Gasteiger partial charge is 0.491 e. The molecule has 0 unspecified atom stereocenters. The molecule has 1 saturated carbocycles. The molecule has 2 aromatic carbocycles. The van der Waals surface area contributed by atoms with Crippen molar-refractivity contribution in [1.82, 2.24) is 5.32 Å². The first-order valence-electron chi connectivity index (χ1n) is 12.1. The Balaban J connectivity index is 1.66. The molecule has 0 bridgehead atoms. The van der Waals surface area contributed by atoms with E-state index < -0.39 is 24.5 Å². The molecule has 4 atom stereocenters. The van der Waals surface area contributed by atoms with Crippen LogP contribution in [0.4, 0.5) is 22.0 Å². The van der Waals surface area contributed by atoms with E-state index in [0.717, 1.165) is 30.5 Å². The highest BCUT2D eigenvalue weighted by Gasteiger charge is 2.54. The highest BCUT2D eigenvalue weighted by Crippen LogP contribution is 2.61. The van der Waals surface area contributed by atoms with Crippen molar-refractivity contribution in [2.24, 2.45) is 11.3 Å². The van der Waals surface area contributed by atoms with Crippen LogP contribution >= 0.6 is 0 Å². The first-order chi connectivity index (χ1) is 16.6. The first kappa shape index (κ1) is 25.9. The molecular weight excluding hydrogens is 465 g/mol. The van der Waals surface area contributed by atoms with Gasteiger partial charge in [-0.3, -0.25) is 0 Å². The summed E-state index contributed by atoms with van der Waals surface area (Å²) in [5.74, 6) is 0.267. The maximum absolute atomic E-state index is 13.7. The lowest BCUT2D eigenvalue weighted by Crippen LogP contribution is -2.32. The lowest BCUT2D eigenvalue weighted by molar-refractivity contribution is -0.137. The molecule has 1 saturated heterocycles. The van der Waals surface area contributed by atoms with Gasteiger partial charge in [-0.15, -0.1) is 0 Å². The third kappa shape index (κ3) is 5.64. The molecule has 0 aromatic heterocycles. The molecule has 2 aliphatic rings. The van der Waals surface area contributed by atoms with Crippen molar-refractivity contribution in [2.75, 3.05) is 26.4 Å². The normalized spacial score (nSPS) is 26.7. The average Bonchev–Trinajstić information content (AvgIpc) is 3.38. The number of hydrogen-bond acceptors (Lipinski definition) is 3. The molecule has 0 amide bonds. The lowest BCUT2D eigenvalue weighted by Gasteiger charge is -2.34. The van der Waals surface area contributed by atoms with Gasteiger partial charge < -0.3 is 14.8 Å². The maximum Gasteiger partial charge on any atom is 0.416 e. The van der Waals surface area contributed by atoms with Crippen LogP contribution in [0.5, 0.6) is 5.75 Å². The zero-order valence-electron chi connectivity index (χ0n) is 20.0. The number of hydrogen-bond donors (Lipinski definition) is 1. The van der Waals surface area contributed by atoms with Gasteiger partial charge in [-0.05, 0) is 87.4 Å². The Morgan fingerprint density at radius 2 is 1.89 bits per heavy atom. The fourth-order valence-corrected chi connectivity index (χ4v) is 5.85. The average molecular weight is 498 g/mol. The summed E-state index contributed by atoms with van der Waals surface area (Å²) in [6.07, 6.45) is -3.00. The third-order valence-electron chi connectivity index (χ3n) is 7.26. The zero-order valence-corrected chi connectivity index (χ0v) is 20.0. The minimum Gasteiger partial charge on any atom is -0.491 e. The Kier molecular flexibility index (Phi) is 7.71. The van der Waals surface area contributed by atoms with Crippen LogP contribution in [-0.2, 0) is 10.9 Å². The topological polar surface area (TPSA) is 30.5 Å². The fourth-order valence-electron chi connectivity index (χ4n) is 5.85. The molecule has 1 spiro atoms. The smallest absolute Gasteiger partial charge is 0.416 e. The predicted octanol–water partition coefficient (Wildman–Crippen LogP) is 6.83. The molecule has 1 aliphatic carbocycles. The molecule has 192 valence electrons. The molecule has 8 heteroatoms. The minimum absolute atomic E-state index is 0.0143. The summed E-state index contributed by atoms with van der Waals surface area (Å²) in [5.41, 5.74) is 0.335. The van der Waals surface area contributed by atoms with Crippen molar-refractivity contribution in [2.45, 2.75) is 57.4 Å². The van der Waals surface area contributed by atoms with Gasteiger partial charge in [0.15, 0.2) is 0 Å². The second-order valence-corrected chi connectivity index (χ2v) is 10.0. The summed E-state index contributed by atoms with van der Waals surface area (Å²) in [6.45, 7) is 4.46. The van der Waals surface area contributed by atoms with Crippen LogP contribution in [0.15, 0.2) is 42.5 Å². The van der Waals surface area contributed by atoms with Crippen LogP contribution in [0.2, 0.25) is 0 Å². The summed E-state index contributed by atoms with van der Waals surface area (Å²) in [7, 11) is 0. The van der Waals surface area contributed by atoms with Gasteiger partial charge in [0.1, 0.15) is 18.2 Å². The van der Waals surface area contributed by atoms with Crippen molar-refractivity contribution >= 4 is 0 Å². The van der Waals surface area contributed by atoms with E-state index in [1.807, 2.05) is 13.8 Å². The highest BCUT2D eigenvalue weighted by molar-refractivity contribution is 5.41. The van der Waals surface area contributed by atoms with Crippen LogP contribution in [0.1, 0.15) is 61.8 Å². The van der Waals surface area contributed by atoms with Crippen molar-refractivity contribution in [3.8, 4) is 5.75 Å². The summed E-state index contributed by atoms with van der Waals surface area (Å²) in [4.78, 5) is 0. The summed E-state index contributed by atoms with van der Waals surface area (Å²) < 4.78 is 79.0. The Hall–Kier alpha value is -2.19. The van der Waals surface area contributed by atoms with Crippen LogP contribution < -0.4 is 10.1 Å². The molecule has 4 rings (SSSR count). The molecule has 0 radical (unpaired) electrons. The van der Waals surface area contributed by atoms with Crippen molar-refractivity contribution in [3.05, 3.63) is 65.0 Å². The number of nitrogens with one attached hydrogen (secondary N) is 1. The molecule has 2 fully saturated rings. The van der Waals surface area contributed by atoms with Crippen LogP contribution in [0, 0.1) is 17.2 Å². The van der Waals surface area contributed by atoms with E-state index in [1.165, 1.54) is 18.2 Å². The molecule has 35 heavy (non-hydrogen) atoms. The Bertz CT molecular complexity index is 994. The van der Waals surface area contributed by atoms with E-state index in [9.17, 15) is 22.0 Å². The second kappa shape index (κ2) is 10.4. The van der Waals surface area contributed by atoms with E-state index in [-0.39, 0.29) is 35.7 Å². The van der Waals surface area contributed by atoms with E-state index in [1.54, 1.807) is 12.1 Å². The van der Waals surface area contributed by atoms with E-state index in [2.05, 4.69) is 5.32 Å². The predicted molar refractivity (Wildman–Crippen MR) is 124 cm³/mol. The van der Waals surface area contributed by atoms with E-state index >= 15 is 0 Å². The SMILES string of the molecule is CC(C)Oc1ccc(C(F)(F)F)cc1[C@@H]1C[C@@]2(CC[C@H](CNCCF)[C@H]2c2ccc(F)cc2)CO1. The number of rotatable bonds is 8. The maximum atomic E-state index is 13.7. The number of halogens is 5. The monoisotopic (exact) mass is 497 g/mol. The van der Waals surface area contributed by atoms with Gasteiger partial charge in [0.25, 0.3) is 0 Å². The zero-order chi connectivity index (χ0) is 25.2. The highest BCUT2D eigenvalue weighted by atomic mass is 19.4. The van der Waals surface area contributed by atoms with Gasteiger partial charge in [-0.2, -0.15) is 13.2 Å². The van der Waals surface area contributed by atoms with Crippen molar-refractivity contribution in [1.29, 1.82) is 0 Å². The molecule has 2 aromatic rings. The Morgan fingerprint density at radius 3 is 2.54 bits per heavy atom. The molecule has 1 heterocycles. The van der Waals surface area contributed by atoms with Crippen LogP contribution in [0.25, 0.3) is 0 Å². The van der Waals surface area contributed by atoms with Crippen LogP contribution in [-0.4, -0.2) is 32.5 Å². The van der Waals surface area contributed by atoms with Crippen molar-refractivity contribution < 1.29 is 31.4 Å². The molecule has 1 N–H and O–H groups in total. The van der Waals surface area contributed by atoms with Crippen LogP contribution in [0.3, 0.4) is 0 Å². The fraction of sp³-hybridized carbons (Fsp3) is 0.556. The standard InChI is InChI=1S/C27H32F5NO2/c1-17(2)35-23-8-5-20(27(30,31)32)13-22(23)24-14-26(16-34-24)10-9-19(15-33-12-11-28)25(26)18-3-6-21(29)7-4-18/h3-8,13,17,19,24-25,33H,9-12,14-16H2,1-2H3/t19-,24+,25-,26+/m1/s1. The lowest BCUT2D eigenvalue weighted by atomic mass is 9.70. The van der Waals surface area contributed by atoms with Gasteiger partial charge >= 0.3 is 6.18 Å². The summed E-state index contributed by atoms with van der Waals surface area (Å²) in [6, 6.07) is 9.98. The van der Waals surface area contributed by atoms with Gasteiger partial charge in [-0.1, -0.05) is 12.1 Å². The Morgan fingerprint density at radius 1 is 1.14 bits per heavy atom.